The molecule has 0 amide bonds. The van der Waals surface area contributed by atoms with Crippen molar-refractivity contribution in [2.75, 3.05) is 4.90 Å². The van der Waals surface area contributed by atoms with Crippen LogP contribution >= 0.6 is 11.3 Å². The van der Waals surface area contributed by atoms with Gasteiger partial charge in [0.15, 0.2) is 0 Å². The van der Waals surface area contributed by atoms with Crippen molar-refractivity contribution in [1.29, 1.82) is 0 Å². The van der Waals surface area contributed by atoms with Crippen molar-refractivity contribution in [2.24, 2.45) is 0 Å². The maximum Gasteiger partial charge on any atom is 0.0546 e. The SMILES string of the molecule is c1ccc(-c2ccccc2N(c2ccc3ccc4c5ccccc5sc4c3c2)c2cc3ccccc3c3c2ccc2ccccc23)cc1. The van der Waals surface area contributed by atoms with Crippen LogP contribution < -0.4 is 4.90 Å². The summed E-state index contributed by atoms with van der Waals surface area (Å²) < 4.78 is 2.66. The number of benzene rings is 9. The second kappa shape index (κ2) is 10.8. The molecule has 0 aliphatic heterocycles. The molecule has 0 aliphatic rings. The maximum atomic E-state index is 2.50. The van der Waals surface area contributed by atoms with Crippen molar-refractivity contribution >= 4 is 91.7 Å². The van der Waals surface area contributed by atoms with E-state index in [1.165, 1.54) is 80.1 Å². The van der Waals surface area contributed by atoms with E-state index >= 15 is 0 Å². The molecule has 10 rings (SSSR count). The quantitative estimate of drug-likeness (QED) is 0.176. The molecule has 0 aliphatic carbocycles. The summed E-state index contributed by atoms with van der Waals surface area (Å²) in [6.45, 7) is 0. The maximum absolute atomic E-state index is 2.50. The molecule has 10 aromatic rings. The van der Waals surface area contributed by atoms with Gasteiger partial charge in [0.2, 0.25) is 0 Å². The average molecular weight is 628 g/mol. The van der Waals surface area contributed by atoms with Crippen LogP contribution in [0.5, 0.6) is 0 Å². The third-order valence-electron chi connectivity index (χ3n) is 9.80. The molecular formula is C46H29NS. The Labute approximate surface area is 282 Å². The van der Waals surface area contributed by atoms with Crippen LogP contribution in [0.1, 0.15) is 0 Å². The molecule has 0 saturated heterocycles. The molecule has 0 fully saturated rings. The Morgan fingerprint density at radius 1 is 0.375 bits per heavy atom. The van der Waals surface area contributed by atoms with Gasteiger partial charge < -0.3 is 4.90 Å². The highest BCUT2D eigenvalue weighted by Crippen LogP contribution is 2.48. The van der Waals surface area contributed by atoms with E-state index in [2.05, 4.69) is 181 Å². The van der Waals surface area contributed by atoms with Gasteiger partial charge in [-0.05, 0) is 68.2 Å². The lowest BCUT2D eigenvalue weighted by Crippen LogP contribution is -2.12. The lowest BCUT2D eigenvalue weighted by Gasteiger charge is -2.30. The fourth-order valence-electron chi connectivity index (χ4n) is 7.60. The number of rotatable bonds is 4. The number of anilines is 3. The number of nitrogens with zero attached hydrogens (tertiary/aromatic N) is 1. The largest absolute Gasteiger partial charge is 0.309 e. The number of thiophene rings is 1. The van der Waals surface area contributed by atoms with Gasteiger partial charge in [-0.25, -0.2) is 0 Å². The first-order valence-electron chi connectivity index (χ1n) is 16.4. The van der Waals surface area contributed by atoms with Crippen LogP contribution in [0, 0.1) is 0 Å². The van der Waals surface area contributed by atoms with Gasteiger partial charge in [0.1, 0.15) is 0 Å². The molecule has 0 saturated carbocycles. The number of para-hydroxylation sites is 1. The number of hydrogen-bond donors (Lipinski definition) is 0. The standard InChI is InChI=1S/C46H29NS/c1-2-12-30(13-3-1)35-16-8-10-20-42(35)47(34-25-22-32-23-26-39-38-19-9-11-21-44(38)48-46(39)41(32)29-34)43-28-33-15-5-7-18-37(33)45-36-17-6-4-14-31(36)24-27-40(43)45/h1-29H. The minimum absolute atomic E-state index is 1.14. The smallest absolute Gasteiger partial charge is 0.0546 e. The van der Waals surface area contributed by atoms with Crippen LogP contribution in [-0.2, 0) is 0 Å². The molecule has 9 aromatic carbocycles. The molecule has 0 N–H and O–H groups in total. The first-order valence-corrected chi connectivity index (χ1v) is 17.3. The summed E-state index contributed by atoms with van der Waals surface area (Å²) >= 11 is 1.89. The van der Waals surface area contributed by atoms with Crippen molar-refractivity contribution in [2.45, 2.75) is 0 Å². The van der Waals surface area contributed by atoms with Crippen molar-refractivity contribution in [3.8, 4) is 11.1 Å². The summed E-state index contributed by atoms with van der Waals surface area (Å²) in [4.78, 5) is 2.50. The van der Waals surface area contributed by atoms with Gasteiger partial charge in [-0.15, -0.1) is 11.3 Å². The third kappa shape index (κ3) is 4.17. The van der Waals surface area contributed by atoms with E-state index < -0.39 is 0 Å². The van der Waals surface area contributed by atoms with Crippen LogP contribution in [0.3, 0.4) is 0 Å². The summed E-state index contributed by atoms with van der Waals surface area (Å²) in [7, 11) is 0. The van der Waals surface area contributed by atoms with E-state index in [1.807, 2.05) is 11.3 Å². The van der Waals surface area contributed by atoms with Gasteiger partial charge in [0, 0.05) is 42.2 Å². The van der Waals surface area contributed by atoms with Crippen LogP contribution in [0.15, 0.2) is 176 Å². The summed E-state index contributed by atoms with van der Waals surface area (Å²) in [6, 6.07) is 64.6. The lowest BCUT2D eigenvalue weighted by atomic mass is 9.93. The van der Waals surface area contributed by atoms with E-state index in [9.17, 15) is 0 Å². The minimum atomic E-state index is 1.14. The fourth-order valence-corrected chi connectivity index (χ4v) is 8.83. The molecule has 48 heavy (non-hydrogen) atoms. The summed E-state index contributed by atoms with van der Waals surface area (Å²) in [5.41, 5.74) is 5.85. The van der Waals surface area contributed by atoms with Crippen molar-refractivity contribution in [1.82, 2.24) is 0 Å². The molecule has 1 heterocycles. The molecular weight excluding hydrogens is 599 g/mol. The average Bonchev–Trinajstić information content (AvgIpc) is 3.55. The predicted molar refractivity (Wildman–Crippen MR) is 209 cm³/mol. The highest BCUT2D eigenvalue weighted by molar-refractivity contribution is 7.26. The molecule has 0 spiro atoms. The number of fused-ring (bicyclic) bond motifs is 10. The first-order chi connectivity index (χ1) is 23.8. The van der Waals surface area contributed by atoms with Crippen LogP contribution in [0.25, 0.3) is 74.4 Å². The Morgan fingerprint density at radius 3 is 1.85 bits per heavy atom. The van der Waals surface area contributed by atoms with Crippen molar-refractivity contribution in [3.05, 3.63) is 176 Å². The van der Waals surface area contributed by atoms with E-state index in [0.29, 0.717) is 0 Å². The van der Waals surface area contributed by atoms with Crippen molar-refractivity contribution < 1.29 is 0 Å². The van der Waals surface area contributed by atoms with Gasteiger partial charge in [-0.3, -0.25) is 0 Å². The summed E-state index contributed by atoms with van der Waals surface area (Å²) in [6.07, 6.45) is 0. The normalized spacial score (nSPS) is 11.8. The van der Waals surface area contributed by atoms with Gasteiger partial charge in [-0.2, -0.15) is 0 Å². The zero-order chi connectivity index (χ0) is 31.6. The summed E-state index contributed by atoms with van der Waals surface area (Å²) in [5.74, 6) is 0. The van der Waals surface area contributed by atoms with Crippen LogP contribution in [0.4, 0.5) is 17.1 Å². The predicted octanol–water partition coefficient (Wildman–Crippen LogP) is 13.8. The molecule has 0 atom stereocenters. The highest BCUT2D eigenvalue weighted by Gasteiger charge is 2.22. The minimum Gasteiger partial charge on any atom is -0.309 e. The molecule has 0 bridgehead atoms. The lowest BCUT2D eigenvalue weighted by molar-refractivity contribution is 1.31. The molecule has 0 radical (unpaired) electrons. The zero-order valence-corrected chi connectivity index (χ0v) is 26.9. The molecule has 1 nitrogen and oxygen atoms in total. The third-order valence-corrected chi connectivity index (χ3v) is 11.0. The Hall–Kier alpha value is -5.96. The van der Waals surface area contributed by atoms with E-state index in [-0.39, 0.29) is 0 Å². The van der Waals surface area contributed by atoms with E-state index in [0.717, 1.165) is 11.4 Å². The van der Waals surface area contributed by atoms with Crippen LogP contribution in [-0.4, -0.2) is 0 Å². The second-order valence-electron chi connectivity index (χ2n) is 12.5. The molecule has 2 heteroatoms. The second-order valence-corrected chi connectivity index (χ2v) is 13.5. The van der Waals surface area contributed by atoms with Gasteiger partial charge in [0.25, 0.3) is 0 Å². The van der Waals surface area contributed by atoms with E-state index in [4.69, 9.17) is 0 Å². The molecule has 1 aromatic heterocycles. The van der Waals surface area contributed by atoms with Gasteiger partial charge in [-0.1, -0.05) is 146 Å². The monoisotopic (exact) mass is 627 g/mol. The Morgan fingerprint density at radius 2 is 1.00 bits per heavy atom. The van der Waals surface area contributed by atoms with Crippen LogP contribution in [0.2, 0.25) is 0 Å². The Balaban J connectivity index is 1.34. The van der Waals surface area contributed by atoms with Crippen molar-refractivity contribution in [3.63, 3.8) is 0 Å². The Bertz CT molecular complexity index is 2830. The summed E-state index contributed by atoms with van der Waals surface area (Å²) in [5, 5.41) is 12.7. The van der Waals surface area contributed by atoms with E-state index in [1.54, 1.807) is 0 Å². The number of hydrogen-bond acceptors (Lipinski definition) is 2. The van der Waals surface area contributed by atoms with Gasteiger partial charge >= 0.3 is 0 Å². The fraction of sp³-hybridized carbons (Fsp3) is 0. The zero-order valence-electron chi connectivity index (χ0n) is 26.1. The topological polar surface area (TPSA) is 3.24 Å². The van der Waals surface area contributed by atoms with Gasteiger partial charge in [0.05, 0.1) is 11.4 Å². The molecule has 0 unspecified atom stereocenters. The first kappa shape index (κ1) is 27.2. The highest BCUT2D eigenvalue weighted by atomic mass is 32.1. The Kier molecular flexibility index (Phi) is 6.12. The molecule has 224 valence electrons.